The van der Waals surface area contributed by atoms with Gasteiger partial charge in [0.25, 0.3) is 0 Å². The van der Waals surface area contributed by atoms with Gasteiger partial charge in [-0.2, -0.15) is 10.2 Å². The highest BCUT2D eigenvalue weighted by atomic mass is 16.2. The lowest BCUT2D eigenvalue weighted by Crippen LogP contribution is -2.32. The SMILES string of the molecule is Cc1nc([C@@H](N)C(C)C)n(CC(=O)N(C)Cc2n[nH]c3c2CCCCC3)n1. The molecule has 27 heavy (non-hydrogen) atoms. The Morgan fingerprint density at radius 2 is 2.04 bits per heavy atom. The third-order valence-corrected chi connectivity index (χ3v) is 5.31. The third-order valence-electron chi connectivity index (χ3n) is 5.31. The minimum atomic E-state index is -0.244. The first-order valence-corrected chi connectivity index (χ1v) is 9.82. The van der Waals surface area contributed by atoms with E-state index in [1.807, 2.05) is 27.8 Å². The second kappa shape index (κ2) is 8.21. The molecule has 0 radical (unpaired) electrons. The molecule has 2 heterocycles. The molecular formula is C19H31N7O. The van der Waals surface area contributed by atoms with Gasteiger partial charge in [-0.05, 0) is 44.1 Å². The van der Waals surface area contributed by atoms with E-state index in [0.29, 0.717) is 18.2 Å². The standard InChI is InChI=1S/C19H31N7O/c1-12(2)18(20)19-21-13(3)24-26(19)11-17(27)25(4)10-16-14-8-6-5-7-9-15(14)22-23-16/h12,18H,5-11,20H2,1-4H3,(H,22,23)/t18-/m0/s1. The predicted molar refractivity (Wildman–Crippen MR) is 103 cm³/mol. The van der Waals surface area contributed by atoms with E-state index in [2.05, 4.69) is 20.3 Å². The van der Waals surface area contributed by atoms with Gasteiger partial charge in [-0.3, -0.25) is 9.89 Å². The Kier molecular flexibility index (Phi) is 5.94. The van der Waals surface area contributed by atoms with Crippen molar-refractivity contribution in [3.8, 4) is 0 Å². The molecule has 3 rings (SSSR count). The maximum Gasteiger partial charge on any atom is 0.244 e. The number of carbonyl (C=O) groups is 1. The normalized spacial score (nSPS) is 15.5. The van der Waals surface area contributed by atoms with Crippen molar-refractivity contribution in [3.63, 3.8) is 0 Å². The topological polar surface area (TPSA) is 106 Å². The number of hydrogen-bond donors (Lipinski definition) is 2. The largest absolute Gasteiger partial charge is 0.338 e. The first kappa shape index (κ1) is 19.5. The molecule has 1 aliphatic rings. The summed E-state index contributed by atoms with van der Waals surface area (Å²) in [6, 6.07) is -0.244. The molecule has 0 fully saturated rings. The molecule has 148 valence electrons. The van der Waals surface area contributed by atoms with Crippen molar-refractivity contribution < 1.29 is 4.79 Å². The van der Waals surface area contributed by atoms with E-state index in [4.69, 9.17) is 5.73 Å². The number of amides is 1. The molecule has 0 saturated carbocycles. The van der Waals surface area contributed by atoms with Crippen molar-refractivity contribution in [3.05, 3.63) is 28.6 Å². The molecule has 0 aliphatic heterocycles. The van der Waals surface area contributed by atoms with Gasteiger partial charge in [-0.15, -0.1) is 0 Å². The van der Waals surface area contributed by atoms with E-state index in [9.17, 15) is 4.79 Å². The number of carbonyl (C=O) groups excluding carboxylic acids is 1. The number of nitrogens with zero attached hydrogens (tertiary/aromatic N) is 5. The summed E-state index contributed by atoms with van der Waals surface area (Å²) < 4.78 is 1.64. The van der Waals surface area contributed by atoms with Crippen LogP contribution in [0.25, 0.3) is 0 Å². The number of rotatable bonds is 6. The smallest absolute Gasteiger partial charge is 0.244 e. The Balaban J connectivity index is 1.70. The molecule has 3 N–H and O–H groups in total. The molecule has 8 nitrogen and oxygen atoms in total. The molecular weight excluding hydrogens is 342 g/mol. The average Bonchev–Trinajstić information content (AvgIpc) is 3.08. The van der Waals surface area contributed by atoms with Gasteiger partial charge in [-0.1, -0.05) is 20.3 Å². The summed E-state index contributed by atoms with van der Waals surface area (Å²) in [6.07, 6.45) is 5.73. The van der Waals surface area contributed by atoms with Crippen LogP contribution in [0.15, 0.2) is 0 Å². The van der Waals surface area contributed by atoms with Crippen LogP contribution in [0.3, 0.4) is 0 Å². The first-order valence-electron chi connectivity index (χ1n) is 9.82. The number of aromatic amines is 1. The summed E-state index contributed by atoms with van der Waals surface area (Å²) in [4.78, 5) is 18.9. The molecule has 2 aromatic heterocycles. The number of aromatic nitrogens is 5. The van der Waals surface area contributed by atoms with Gasteiger partial charge in [0.15, 0.2) is 0 Å². The second-order valence-corrected chi connectivity index (χ2v) is 7.88. The summed E-state index contributed by atoms with van der Waals surface area (Å²) in [6.45, 7) is 6.54. The molecule has 0 spiro atoms. The van der Waals surface area contributed by atoms with Crippen molar-refractivity contribution in [1.82, 2.24) is 29.9 Å². The lowest BCUT2D eigenvalue weighted by molar-refractivity contribution is -0.131. The molecule has 1 amide bonds. The molecule has 0 unspecified atom stereocenters. The van der Waals surface area contributed by atoms with Crippen LogP contribution in [0.4, 0.5) is 0 Å². The number of nitrogens with one attached hydrogen (secondary N) is 1. The summed E-state index contributed by atoms with van der Waals surface area (Å²) in [5, 5.41) is 12.0. The fourth-order valence-electron chi connectivity index (χ4n) is 3.55. The van der Waals surface area contributed by atoms with Crippen molar-refractivity contribution >= 4 is 5.91 Å². The van der Waals surface area contributed by atoms with Crippen molar-refractivity contribution in [2.75, 3.05) is 7.05 Å². The van der Waals surface area contributed by atoms with Gasteiger partial charge in [0.2, 0.25) is 5.91 Å². The molecule has 2 aromatic rings. The number of likely N-dealkylation sites (N-methyl/N-ethyl adjacent to an activating group) is 1. The molecule has 1 aliphatic carbocycles. The monoisotopic (exact) mass is 373 g/mol. The van der Waals surface area contributed by atoms with Crippen LogP contribution < -0.4 is 5.73 Å². The molecule has 8 heteroatoms. The Bertz CT molecular complexity index is 792. The fraction of sp³-hybridized carbons (Fsp3) is 0.684. The summed E-state index contributed by atoms with van der Waals surface area (Å²) >= 11 is 0. The lowest BCUT2D eigenvalue weighted by atomic mass is 10.1. The van der Waals surface area contributed by atoms with Crippen LogP contribution in [-0.4, -0.2) is 42.8 Å². The van der Waals surface area contributed by atoms with E-state index in [0.717, 1.165) is 18.5 Å². The molecule has 0 saturated heterocycles. The lowest BCUT2D eigenvalue weighted by Gasteiger charge is -2.19. The number of fused-ring (bicyclic) bond motifs is 1. The zero-order valence-electron chi connectivity index (χ0n) is 16.8. The highest BCUT2D eigenvalue weighted by Gasteiger charge is 2.23. The fourth-order valence-corrected chi connectivity index (χ4v) is 3.55. The van der Waals surface area contributed by atoms with Crippen LogP contribution >= 0.6 is 0 Å². The summed E-state index contributed by atoms with van der Waals surface area (Å²) in [7, 11) is 1.81. The van der Waals surface area contributed by atoms with Gasteiger partial charge in [0.1, 0.15) is 18.2 Å². The zero-order chi connectivity index (χ0) is 19.6. The van der Waals surface area contributed by atoms with E-state index in [1.54, 1.807) is 9.58 Å². The van der Waals surface area contributed by atoms with Gasteiger partial charge in [0, 0.05) is 12.7 Å². The van der Waals surface area contributed by atoms with E-state index in [1.165, 1.54) is 30.5 Å². The number of hydrogen-bond acceptors (Lipinski definition) is 5. The van der Waals surface area contributed by atoms with Crippen LogP contribution in [0.5, 0.6) is 0 Å². The molecule has 1 atom stereocenters. The Hall–Kier alpha value is -2.22. The third kappa shape index (κ3) is 4.37. The van der Waals surface area contributed by atoms with Crippen LogP contribution in [0.1, 0.15) is 67.8 Å². The highest BCUT2D eigenvalue weighted by Crippen LogP contribution is 2.22. The van der Waals surface area contributed by atoms with E-state index < -0.39 is 0 Å². The maximum absolute atomic E-state index is 12.8. The van der Waals surface area contributed by atoms with Gasteiger partial charge < -0.3 is 10.6 Å². The quantitative estimate of drug-likeness (QED) is 0.752. The average molecular weight is 374 g/mol. The number of H-pyrrole nitrogens is 1. The summed E-state index contributed by atoms with van der Waals surface area (Å²) in [5.41, 5.74) is 9.76. The minimum Gasteiger partial charge on any atom is -0.338 e. The van der Waals surface area contributed by atoms with Gasteiger partial charge >= 0.3 is 0 Å². The van der Waals surface area contributed by atoms with E-state index >= 15 is 0 Å². The maximum atomic E-state index is 12.8. The Labute approximate surface area is 160 Å². The Morgan fingerprint density at radius 1 is 1.30 bits per heavy atom. The Morgan fingerprint density at radius 3 is 2.78 bits per heavy atom. The zero-order valence-corrected chi connectivity index (χ0v) is 16.8. The minimum absolute atomic E-state index is 0.0255. The van der Waals surface area contributed by atoms with Crippen LogP contribution in [0, 0.1) is 12.8 Å². The van der Waals surface area contributed by atoms with Crippen molar-refractivity contribution in [2.45, 2.75) is 72.0 Å². The van der Waals surface area contributed by atoms with Crippen LogP contribution in [0.2, 0.25) is 0 Å². The number of aryl methyl sites for hydroxylation is 2. The van der Waals surface area contributed by atoms with Crippen molar-refractivity contribution in [2.24, 2.45) is 11.7 Å². The predicted octanol–water partition coefficient (Wildman–Crippen LogP) is 1.89. The summed E-state index contributed by atoms with van der Waals surface area (Å²) in [5.74, 6) is 1.49. The van der Waals surface area contributed by atoms with Gasteiger partial charge in [-0.25, -0.2) is 9.67 Å². The van der Waals surface area contributed by atoms with Gasteiger partial charge in [0.05, 0.1) is 18.3 Å². The molecule has 0 aromatic carbocycles. The number of nitrogens with two attached hydrogens (primary N) is 1. The van der Waals surface area contributed by atoms with Crippen molar-refractivity contribution in [1.29, 1.82) is 0 Å². The van der Waals surface area contributed by atoms with E-state index in [-0.39, 0.29) is 24.4 Å². The molecule has 0 bridgehead atoms. The first-order chi connectivity index (χ1) is 12.9. The van der Waals surface area contributed by atoms with Crippen LogP contribution in [-0.2, 0) is 30.7 Å². The highest BCUT2D eigenvalue weighted by molar-refractivity contribution is 5.75. The second-order valence-electron chi connectivity index (χ2n) is 7.88.